The molecule has 0 radical (unpaired) electrons. The van der Waals surface area contributed by atoms with Gasteiger partial charge in [0, 0.05) is 18.8 Å². The fourth-order valence-corrected chi connectivity index (χ4v) is 1.76. The minimum Gasteiger partial charge on any atom is -0.352 e. The van der Waals surface area contributed by atoms with Gasteiger partial charge in [-0.1, -0.05) is 6.07 Å². The molecule has 0 aliphatic carbocycles. The van der Waals surface area contributed by atoms with Gasteiger partial charge in [0.1, 0.15) is 5.82 Å². The molecule has 19 heavy (non-hydrogen) atoms. The molecule has 0 fully saturated rings. The molecule has 1 aromatic heterocycles. The molecular weight excluding hydrogens is 247 g/mol. The van der Waals surface area contributed by atoms with Crippen LogP contribution in [-0.2, 0) is 0 Å². The Kier molecular flexibility index (Phi) is 3.75. The van der Waals surface area contributed by atoms with Gasteiger partial charge in [0.15, 0.2) is 0 Å². The summed E-state index contributed by atoms with van der Waals surface area (Å²) in [5.41, 5.74) is 0.892. The van der Waals surface area contributed by atoms with Gasteiger partial charge in [-0.15, -0.1) is 0 Å². The molecule has 1 amide bonds. The predicted molar refractivity (Wildman–Crippen MR) is 70.5 cm³/mol. The van der Waals surface area contributed by atoms with E-state index in [1.165, 1.54) is 24.4 Å². The van der Waals surface area contributed by atoms with Crippen LogP contribution in [0.1, 0.15) is 17.3 Å². The Hall–Kier alpha value is -2.43. The van der Waals surface area contributed by atoms with E-state index in [4.69, 9.17) is 0 Å². The number of halogens is 1. The molecule has 2 rings (SSSR count). The number of nitrogens with one attached hydrogen (secondary N) is 2. The molecule has 0 aliphatic rings. The van der Waals surface area contributed by atoms with Crippen LogP contribution in [0.15, 0.2) is 41.3 Å². The Morgan fingerprint density at radius 2 is 2.00 bits per heavy atom. The molecule has 98 valence electrons. The quantitative estimate of drug-likeness (QED) is 0.885. The van der Waals surface area contributed by atoms with Crippen molar-refractivity contribution in [1.29, 1.82) is 0 Å². The Morgan fingerprint density at radius 3 is 2.63 bits per heavy atom. The number of amides is 1. The SMILES string of the molecule is CCNC(=O)c1ccc(-c2cc[nH]c(=O)c2)cc1F. The van der Waals surface area contributed by atoms with Crippen molar-refractivity contribution in [2.45, 2.75) is 6.92 Å². The Labute approximate surface area is 109 Å². The first-order chi connectivity index (χ1) is 9.11. The van der Waals surface area contributed by atoms with Crippen LogP contribution in [0.5, 0.6) is 0 Å². The zero-order valence-electron chi connectivity index (χ0n) is 10.4. The van der Waals surface area contributed by atoms with Gasteiger partial charge in [0.2, 0.25) is 5.56 Å². The van der Waals surface area contributed by atoms with Crippen LogP contribution in [0.4, 0.5) is 4.39 Å². The lowest BCUT2D eigenvalue weighted by atomic mass is 10.0. The second-order valence-corrected chi connectivity index (χ2v) is 4.00. The number of carbonyl (C=O) groups is 1. The summed E-state index contributed by atoms with van der Waals surface area (Å²) in [7, 11) is 0. The molecule has 2 N–H and O–H groups in total. The van der Waals surface area contributed by atoms with E-state index in [0.717, 1.165) is 0 Å². The molecule has 2 aromatic rings. The maximum absolute atomic E-state index is 13.9. The topological polar surface area (TPSA) is 62.0 Å². The Bertz CT molecular complexity index is 664. The highest BCUT2D eigenvalue weighted by molar-refractivity contribution is 5.94. The van der Waals surface area contributed by atoms with Gasteiger partial charge in [-0.3, -0.25) is 9.59 Å². The van der Waals surface area contributed by atoms with Gasteiger partial charge in [-0.05, 0) is 36.2 Å². The monoisotopic (exact) mass is 260 g/mol. The van der Waals surface area contributed by atoms with Crippen LogP contribution in [0.25, 0.3) is 11.1 Å². The highest BCUT2D eigenvalue weighted by Gasteiger charge is 2.11. The summed E-state index contributed by atoms with van der Waals surface area (Å²) in [6.07, 6.45) is 1.49. The first-order valence-electron chi connectivity index (χ1n) is 5.88. The maximum atomic E-state index is 13.9. The summed E-state index contributed by atoms with van der Waals surface area (Å²) in [5.74, 6) is -1.05. The molecule has 0 spiro atoms. The number of pyridine rings is 1. The fraction of sp³-hybridized carbons (Fsp3) is 0.143. The van der Waals surface area contributed by atoms with Gasteiger partial charge in [0.05, 0.1) is 5.56 Å². The van der Waals surface area contributed by atoms with E-state index in [9.17, 15) is 14.0 Å². The molecule has 5 heteroatoms. The van der Waals surface area contributed by atoms with Crippen LogP contribution in [0.2, 0.25) is 0 Å². The Morgan fingerprint density at radius 1 is 1.26 bits per heavy atom. The molecule has 0 unspecified atom stereocenters. The van der Waals surface area contributed by atoms with E-state index in [2.05, 4.69) is 10.3 Å². The van der Waals surface area contributed by atoms with E-state index in [1.807, 2.05) is 0 Å². The fourth-order valence-electron chi connectivity index (χ4n) is 1.76. The van der Waals surface area contributed by atoms with Gasteiger partial charge >= 0.3 is 0 Å². The maximum Gasteiger partial charge on any atom is 0.254 e. The Balaban J connectivity index is 2.39. The van der Waals surface area contributed by atoms with E-state index < -0.39 is 11.7 Å². The van der Waals surface area contributed by atoms with E-state index in [1.54, 1.807) is 19.1 Å². The molecule has 1 aromatic carbocycles. The molecule has 0 atom stereocenters. The number of aromatic nitrogens is 1. The summed E-state index contributed by atoms with van der Waals surface area (Å²) in [6.45, 7) is 2.20. The minimum atomic E-state index is -0.608. The highest BCUT2D eigenvalue weighted by atomic mass is 19.1. The highest BCUT2D eigenvalue weighted by Crippen LogP contribution is 2.20. The largest absolute Gasteiger partial charge is 0.352 e. The summed E-state index contributed by atoms with van der Waals surface area (Å²) in [6, 6.07) is 7.32. The molecule has 1 heterocycles. The van der Waals surface area contributed by atoms with Crippen molar-refractivity contribution in [3.8, 4) is 11.1 Å². The number of rotatable bonds is 3. The molecule has 0 aliphatic heterocycles. The summed E-state index contributed by atoms with van der Waals surface area (Å²) in [5, 5.41) is 2.54. The van der Waals surface area contributed by atoms with Crippen molar-refractivity contribution in [1.82, 2.24) is 10.3 Å². The first kappa shape index (κ1) is 13.0. The molecule has 0 saturated heterocycles. The number of benzene rings is 1. The average Bonchev–Trinajstić information content (AvgIpc) is 2.38. The lowest BCUT2D eigenvalue weighted by Crippen LogP contribution is -2.23. The van der Waals surface area contributed by atoms with Gasteiger partial charge in [0.25, 0.3) is 5.91 Å². The third kappa shape index (κ3) is 2.88. The third-order valence-corrected chi connectivity index (χ3v) is 2.66. The number of aromatic amines is 1. The van der Waals surface area contributed by atoms with Crippen molar-refractivity contribution < 1.29 is 9.18 Å². The third-order valence-electron chi connectivity index (χ3n) is 2.66. The van der Waals surface area contributed by atoms with Crippen LogP contribution in [0, 0.1) is 5.82 Å². The zero-order valence-corrected chi connectivity index (χ0v) is 10.4. The van der Waals surface area contributed by atoms with Crippen LogP contribution in [0.3, 0.4) is 0 Å². The van der Waals surface area contributed by atoms with Crippen molar-refractivity contribution in [3.05, 3.63) is 58.3 Å². The molecule has 4 nitrogen and oxygen atoms in total. The molecular formula is C14H13FN2O2. The number of H-pyrrole nitrogens is 1. The van der Waals surface area contributed by atoms with Crippen molar-refractivity contribution >= 4 is 5.91 Å². The first-order valence-corrected chi connectivity index (χ1v) is 5.88. The smallest absolute Gasteiger partial charge is 0.254 e. The lowest BCUT2D eigenvalue weighted by molar-refractivity contribution is 0.0952. The van der Waals surface area contributed by atoms with Gasteiger partial charge in [-0.25, -0.2) is 4.39 Å². The lowest BCUT2D eigenvalue weighted by Gasteiger charge is -2.06. The summed E-state index contributed by atoms with van der Waals surface area (Å²) >= 11 is 0. The van der Waals surface area contributed by atoms with Crippen molar-refractivity contribution in [2.75, 3.05) is 6.54 Å². The second-order valence-electron chi connectivity index (χ2n) is 4.00. The normalized spacial score (nSPS) is 10.2. The van der Waals surface area contributed by atoms with E-state index in [-0.39, 0.29) is 11.1 Å². The number of hydrogen-bond donors (Lipinski definition) is 2. The van der Waals surface area contributed by atoms with Crippen LogP contribution in [-0.4, -0.2) is 17.4 Å². The summed E-state index contributed by atoms with van der Waals surface area (Å²) < 4.78 is 13.9. The number of hydrogen-bond acceptors (Lipinski definition) is 2. The van der Waals surface area contributed by atoms with Crippen LogP contribution >= 0.6 is 0 Å². The van der Waals surface area contributed by atoms with Gasteiger partial charge < -0.3 is 10.3 Å². The predicted octanol–water partition coefficient (Wildman–Crippen LogP) is 1.93. The second kappa shape index (κ2) is 5.48. The van der Waals surface area contributed by atoms with E-state index >= 15 is 0 Å². The van der Waals surface area contributed by atoms with Crippen molar-refractivity contribution in [2.24, 2.45) is 0 Å². The van der Waals surface area contributed by atoms with E-state index in [0.29, 0.717) is 17.7 Å². The summed E-state index contributed by atoms with van der Waals surface area (Å²) in [4.78, 5) is 25.2. The minimum absolute atomic E-state index is 0.00422. The van der Waals surface area contributed by atoms with Crippen LogP contribution < -0.4 is 10.9 Å². The zero-order chi connectivity index (χ0) is 13.8. The molecule has 0 saturated carbocycles. The standard InChI is InChI=1S/C14H13FN2O2/c1-2-16-14(19)11-4-3-9(7-12(11)15)10-5-6-17-13(18)8-10/h3-8H,2H2,1H3,(H,16,19)(H,17,18). The number of carbonyl (C=O) groups excluding carboxylic acids is 1. The van der Waals surface area contributed by atoms with Gasteiger partial charge in [-0.2, -0.15) is 0 Å². The van der Waals surface area contributed by atoms with Crippen molar-refractivity contribution in [3.63, 3.8) is 0 Å². The molecule has 0 bridgehead atoms. The average molecular weight is 260 g/mol.